The van der Waals surface area contributed by atoms with Gasteiger partial charge in [-0.1, -0.05) is 26.7 Å². The molecule has 2 fully saturated rings. The number of nitrogens with zero attached hydrogens (tertiary/aromatic N) is 1. The lowest BCUT2D eigenvalue weighted by Gasteiger charge is -2.42. The fraction of sp³-hybridized carbons (Fsp3) is 0.941. The standard InChI is InChI=1S/C17H32N2O/c1-17(2)10-5-4-6-15(17)16(20)19-12-8-14(9-13-19)7-11-18-3/h14-15,18H,4-13H2,1-3H3. The first-order valence-electron chi connectivity index (χ1n) is 8.48. The first-order valence-corrected chi connectivity index (χ1v) is 8.48. The van der Waals surface area contributed by atoms with E-state index in [0.717, 1.165) is 32.0 Å². The molecule has 1 saturated heterocycles. The summed E-state index contributed by atoms with van der Waals surface area (Å²) in [6, 6.07) is 0. The molecule has 0 aromatic carbocycles. The van der Waals surface area contributed by atoms with E-state index >= 15 is 0 Å². The molecule has 0 spiro atoms. The van der Waals surface area contributed by atoms with E-state index in [-0.39, 0.29) is 11.3 Å². The Balaban J connectivity index is 1.85. The maximum absolute atomic E-state index is 12.8. The molecule has 0 radical (unpaired) electrons. The van der Waals surface area contributed by atoms with Crippen molar-refractivity contribution in [3.8, 4) is 0 Å². The average molecular weight is 280 g/mol. The Morgan fingerprint density at radius 2 is 1.90 bits per heavy atom. The van der Waals surface area contributed by atoms with Crippen LogP contribution in [0.2, 0.25) is 0 Å². The van der Waals surface area contributed by atoms with Crippen molar-refractivity contribution < 1.29 is 4.79 Å². The zero-order chi connectivity index (χ0) is 14.6. The van der Waals surface area contributed by atoms with Crippen LogP contribution in [0.15, 0.2) is 0 Å². The second-order valence-corrected chi connectivity index (χ2v) is 7.45. The fourth-order valence-electron chi connectivity index (χ4n) is 3.96. The Kier molecular flexibility index (Phi) is 5.48. The van der Waals surface area contributed by atoms with Gasteiger partial charge in [-0.3, -0.25) is 4.79 Å². The summed E-state index contributed by atoms with van der Waals surface area (Å²) in [7, 11) is 2.02. The van der Waals surface area contributed by atoms with Gasteiger partial charge in [-0.25, -0.2) is 0 Å². The molecule has 1 atom stereocenters. The number of rotatable bonds is 4. The molecule has 1 amide bonds. The van der Waals surface area contributed by atoms with E-state index in [0.29, 0.717) is 5.91 Å². The van der Waals surface area contributed by atoms with Gasteiger partial charge in [0.25, 0.3) is 0 Å². The van der Waals surface area contributed by atoms with Crippen LogP contribution in [-0.4, -0.2) is 37.5 Å². The van der Waals surface area contributed by atoms with Gasteiger partial charge < -0.3 is 10.2 Å². The van der Waals surface area contributed by atoms with E-state index in [1.807, 2.05) is 7.05 Å². The van der Waals surface area contributed by atoms with E-state index in [1.165, 1.54) is 38.5 Å². The molecule has 116 valence electrons. The van der Waals surface area contributed by atoms with Crippen LogP contribution in [0.1, 0.15) is 58.8 Å². The van der Waals surface area contributed by atoms with Crippen molar-refractivity contribution in [3.05, 3.63) is 0 Å². The summed E-state index contributed by atoms with van der Waals surface area (Å²) < 4.78 is 0. The van der Waals surface area contributed by atoms with E-state index in [2.05, 4.69) is 24.1 Å². The number of amides is 1. The van der Waals surface area contributed by atoms with Crippen LogP contribution in [0.25, 0.3) is 0 Å². The van der Waals surface area contributed by atoms with Crippen LogP contribution in [0.4, 0.5) is 0 Å². The van der Waals surface area contributed by atoms with E-state index < -0.39 is 0 Å². The lowest BCUT2D eigenvalue weighted by Crippen LogP contribution is -2.46. The van der Waals surface area contributed by atoms with Crippen molar-refractivity contribution in [1.82, 2.24) is 10.2 Å². The van der Waals surface area contributed by atoms with Crippen LogP contribution in [0, 0.1) is 17.3 Å². The number of likely N-dealkylation sites (tertiary alicyclic amines) is 1. The number of carbonyl (C=O) groups excluding carboxylic acids is 1. The molecule has 1 aliphatic heterocycles. The van der Waals surface area contributed by atoms with Crippen LogP contribution in [0.3, 0.4) is 0 Å². The summed E-state index contributed by atoms with van der Waals surface area (Å²) >= 11 is 0. The van der Waals surface area contributed by atoms with Crippen molar-refractivity contribution in [3.63, 3.8) is 0 Å². The minimum Gasteiger partial charge on any atom is -0.342 e. The van der Waals surface area contributed by atoms with E-state index in [4.69, 9.17) is 0 Å². The van der Waals surface area contributed by atoms with Gasteiger partial charge in [-0.15, -0.1) is 0 Å². The predicted molar refractivity (Wildman–Crippen MR) is 83.6 cm³/mol. The summed E-state index contributed by atoms with van der Waals surface area (Å²) in [5, 5.41) is 3.23. The van der Waals surface area contributed by atoms with Gasteiger partial charge >= 0.3 is 0 Å². The molecule has 1 heterocycles. The summed E-state index contributed by atoms with van der Waals surface area (Å²) in [5.74, 6) is 1.53. The Morgan fingerprint density at radius 1 is 1.20 bits per heavy atom. The van der Waals surface area contributed by atoms with Crippen LogP contribution >= 0.6 is 0 Å². The Labute approximate surface area is 124 Å². The molecule has 1 unspecified atom stereocenters. The zero-order valence-corrected chi connectivity index (χ0v) is 13.6. The summed E-state index contributed by atoms with van der Waals surface area (Å²) in [5.41, 5.74) is 0.207. The third-order valence-corrected chi connectivity index (χ3v) is 5.53. The van der Waals surface area contributed by atoms with Crippen molar-refractivity contribution in [2.75, 3.05) is 26.7 Å². The molecule has 1 N–H and O–H groups in total. The maximum atomic E-state index is 12.8. The molecule has 0 aromatic heterocycles. The molecule has 3 heteroatoms. The Morgan fingerprint density at radius 3 is 2.50 bits per heavy atom. The fourth-order valence-corrected chi connectivity index (χ4v) is 3.96. The normalized spacial score (nSPS) is 27.6. The number of hydrogen-bond donors (Lipinski definition) is 1. The second-order valence-electron chi connectivity index (χ2n) is 7.45. The highest BCUT2D eigenvalue weighted by Crippen LogP contribution is 2.41. The highest BCUT2D eigenvalue weighted by Gasteiger charge is 2.39. The number of nitrogens with one attached hydrogen (secondary N) is 1. The number of carbonyl (C=O) groups is 1. The van der Waals surface area contributed by atoms with Gasteiger partial charge in [-0.2, -0.15) is 0 Å². The molecular weight excluding hydrogens is 248 g/mol. The first kappa shape index (κ1) is 15.8. The van der Waals surface area contributed by atoms with E-state index in [9.17, 15) is 4.79 Å². The molecule has 2 rings (SSSR count). The summed E-state index contributed by atoms with van der Waals surface area (Å²) in [6.45, 7) is 7.65. The quantitative estimate of drug-likeness (QED) is 0.858. The van der Waals surface area contributed by atoms with Crippen LogP contribution in [0.5, 0.6) is 0 Å². The van der Waals surface area contributed by atoms with Crippen LogP contribution in [-0.2, 0) is 4.79 Å². The van der Waals surface area contributed by atoms with Crippen molar-refractivity contribution >= 4 is 5.91 Å². The topological polar surface area (TPSA) is 32.3 Å². The minimum atomic E-state index is 0.207. The van der Waals surface area contributed by atoms with Crippen molar-refractivity contribution in [2.45, 2.75) is 58.8 Å². The molecule has 0 aromatic rings. The second kappa shape index (κ2) is 6.93. The highest BCUT2D eigenvalue weighted by molar-refractivity contribution is 5.79. The molecule has 2 aliphatic rings. The Bertz CT molecular complexity index is 319. The number of piperidine rings is 1. The number of hydrogen-bond acceptors (Lipinski definition) is 2. The average Bonchev–Trinajstić information content (AvgIpc) is 2.44. The SMILES string of the molecule is CNCCC1CCN(C(=O)C2CCCCC2(C)C)CC1. The maximum Gasteiger partial charge on any atom is 0.226 e. The van der Waals surface area contributed by atoms with Crippen molar-refractivity contribution in [1.29, 1.82) is 0 Å². The largest absolute Gasteiger partial charge is 0.342 e. The third-order valence-electron chi connectivity index (χ3n) is 5.53. The van der Waals surface area contributed by atoms with Gasteiger partial charge in [-0.05, 0) is 57.0 Å². The molecular formula is C17H32N2O. The smallest absolute Gasteiger partial charge is 0.226 e. The van der Waals surface area contributed by atoms with Crippen molar-refractivity contribution in [2.24, 2.45) is 17.3 Å². The van der Waals surface area contributed by atoms with E-state index in [1.54, 1.807) is 0 Å². The van der Waals surface area contributed by atoms with Crippen LogP contribution < -0.4 is 5.32 Å². The van der Waals surface area contributed by atoms with Gasteiger partial charge in [0.1, 0.15) is 0 Å². The molecule has 0 bridgehead atoms. The summed E-state index contributed by atoms with van der Waals surface area (Å²) in [6.07, 6.45) is 8.49. The lowest BCUT2D eigenvalue weighted by atomic mass is 9.68. The molecule has 3 nitrogen and oxygen atoms in total. The Hall–Kier alpha value is -0.570. The first-order chi connectivity index (χ1) is 9.54. The van der Waals surface area contributed by atoms with Gasteiger partial charge in [0.05, 0.1) is 0 Å². The van der Waals surface area contributed by atoms with Gasteiger partial charge in [0, 0.05) is 19.0 Å². The molecule has 20 heavy (non-hydrogen) atoms. The van der Waals surface area contributed by atoms with Gasteiger partial charge in [0.2, 0.25) is 5.91 Å². The highest BCUT2D eigenvalue weighted by atomic mass is 16.2. The lowest BCUT2D eigenvalue weighted by molar-refractivity contribution is -0.142. The molecule has 1 saturated carbocycles. The summed E-state index contributed by atoms with van der Waals surface area (Å²) in [4.78, 5) is 15.0. The molecule has 1 aliphatic carbocycles. The zero-order valence-electron chi connectivity index (χ0n) is 13.6. The predicted octanol–water partition coefficient (Wildman–Crippen LogP) is 3.05. The minimum absolute atomic E-state index is 0.207. The van der Waals surface area contributed by atoms with Gasteiger partial charge in [0.15, 0.2) is 0 Å². The third kappa shape index (κ3) is 3.75. The monoisotopic (exact) mass is 280 g/mol.